The monoisotopic (exact) mass is 327 g/mol. The van der Waals surface area contributed by atoms with Crippen LogP contribution in [0.5, 0.6) is 11.5 Å². The standard InChI is InChI=1S/C21H29NO2/c1-16(2)21(18-7-11-20(24-4)12-8-18)13-14-22-15-17-5-9-19(23-3)10-6-17/h5-12,16,21-22H,13-15H2,1-4H3. The van der Waals surface area contributed by atoms with Crippen molar-refractivity contribution in [2.45, 2.75) is 32.7 Å². The van der Waals surface area contributed by atoms with E-state index in [0.717, 1.165) is 31.0 Å². The van der Waals surface area contributed by atoms with Crippen LogP contribution in [0.25, 0.3) is 0 Å². The highest BCUT2D eigenvalue weighted by Gasteiger charge is 2.15. The average Bonchev–Trinajstić information content (AvgIpc) is 2.62. The third kappa shape index (κ3) is 5.27. The van der Waals surface area contributed by atoms with Gasteiger partial charge in [0.2, 0.25) is 0 Å². The Labute approximate surface area is 146 Å². The predicted molar refractivity (Wildman–Crippen MR) is 99.9 cm³/mol. The third-order valence-corrected chi connectivity index (χ3v) is 4.47. The van der Waals surface area contributed by atoms with Crippen LogP contribution in [0.4, 0.5) is 0 Å². The van der Waals surface area contributed by atoms with Gasteiger partial charge in [0.05, 0.1) is 14.2 Å². The molecule has 1 atom stereocenters. The summed E-state index contributed by atoms with van der Waals surface area (Å²) < 4.78 is 10.4. The topological polar surface area (TPSA) is 30.5 Å². The van der Waals surface area contributed by atoms with E-state index in [-0.39, 0.29) is 0 Å². The average molecular weight is 327 g/mol. The first-order valence-corrected chi connectivity index (χ1v) is 8.61. The fourth-order valence-electron chi connectivity index (χ4n) is 2.97. The fourth-order valence-corrected chi connectivity index (χ4v) is 2.97. The van der Waals surface area contributed by atoms with Crippen molar-refractivity contribution in [3.63, 3.8) is 0 Å². The number of nitrogens with one attached hydrogen (secondary N) is 1. The molecule has 2 aromatic carbocycles. The SMILES string of the molecule is COc1ccc(CNCCC(c2ccc(OC)cc2)C(C)C)cc1. The van der Waals surface area contributed by atoms with Gasteiger partial charge in [0, 0.05) is 6.54 Å². The van der Waals surface area contributed by atoms with Gasteiger partial charge in [-0.25, -0.2) is 0 Å². The molecule has 2 aromatic rings. The summed E-state index contributed by atoms with van der Waals surface area (Å²) in [6.07, 6.45) is 1.13. The lowest BCUT2D eigenvalue weighted by molar-refractivity contribution is 0.413. The minimum absolute atomic E-state index is 0.555. The molecule has 24 heavy (non-hydrogen) atoms. The Balaban J connectivity index is 1.84. The van der Waals surface area contributed by atoms with E-state index in [2.05, 4.69) is 55.6 Å². The molecule has 0 saturated carbocycles. The minimum Gasteiger partial charge on any atom is -0.497 e. The van der Waals surface area contributed by atoms with Gasteiger partial charge in [0.25, 0.3) is 0 Å². The molecule has 0 aliphatic rings. The van der Waals surface area contributed by atoms with Crippen molar-refractivity contribution in [1.82, 2.24) is 5.32 Å². The molecule has 0 aromatic heterocycles. The van der Waals surface area contributed by atoms with Crippen LogP contribution in [0, 0.1) is 5.92 Å². The number of methoxy groups -OCH3 is 2. The van der Waals surface area contributed by atoms with Crippen LogP contribution in [0.3, 0.4) is 0 Å². The zero-order valence-corrected chi connectivity index (χ0v) is 15.2. The highest BCUT2D eigenvalue weighted by Crippen LogP contribution is 2.28. The van der Waals surface area contributed by atoms with Crippen LogP contribution >= 0.6 is 0 Å². The molecule has 1 unspecified atom stereocenters. The molecule has 0 aliphatic carbocycles. The number of ether oxygens (including phenoxy) is 2. The number of benzene rings is 2. The highest BCUT2D eigenvalue weighted by atomic mass is 16.5. The smallest absolute Gasteiger partial charge is 0.118 e. The van der Waals surface area contributed by atoms with E-state index >= 15 is 0 Å². The molecule has 0 amide bonds. The maximum Gasteiger partial charge on any atom is 0.118 e. The number of hydrogen-bond donors (Lipinski definition) is 1. The fraction of sp³-hybridized carbons (Fsp3) is 0.429. The van der Waals surface area contributed by atoms with Crippen LogP contribution < -0.4 is 14.8 Å². The first-order chi connectivity index (χ1) is 11.6. The van der Waals surface area contributed by atoms with Crippen LogP contribution in [0.2, 0.25) is 0 Å². The van der Waals surface area contributed by atoms with E-state index in [9.17, 15) is 0 Å². The molecule has 0 spiro atoms. The maximum absolute atomic E-state index is 5.25. The summed E-state index contributed by atoms with van der Waals surface area (Å²) in [7, 11) is 3.40. The second kappa shape index (κ2) is 9.33. The van der Waals surface area contributed by atoms with E-state index in [4.69, 9.17) is 9.47 Å². The second-order valence-electron chi connectivity index (χ2n) is 6.44. The third-order valence-electron chi connectivity index (χ3n) is 4.47. The predicted octanol–water partition coefficient (Wildman–Crippen LogP) is 4.62. The maximum atomic E-state index is 5.25. The van der Waals surface area contributed by atoms with Crippen LogP contribution in [0.1, 0.15) is 37.3 Å². The molecule has 130 valence electrons. The Morgan fingerprint density at radius 2 is 1.38 bits per heavy atom. The highest BCUT2D eigenvalue weighted by molar-refractivity contribution is 5.30. The van der Waals surface area contributed by atoms with Crippen molar-refractivity contribution in [2.24, 2.45) is 5.92 Å². The Morgan fingerprint density at radius 3 is 1.88 bits per heavy atom. The molecule has 0 saturated heterocycles. The molecule has 0 radical (unpaired) electrons. The number of rotatable bonds is 9. The molecule has 3 heteroatoms. The zero-order valence-electron chi connectivity index (χ0n) is 15.2. The molecule has 0 bridgehead atoms. The lowest BCUT2D eigenvalue weighted by atomic mass is 9.86. The Morgan fingerprint density at radius 1 is 0.833 bits per heavy atom. The summed E-state index contributed by atoms with van der Waals surface area (Å²) in [5.74, 6) is 2.98. The van der Waals surface area contributed by atoms with Gasteiger partial charge in [-0.3, -0.25) is 0 Å². The Bertz CT molecular complexity index is 590. The van der Waals surface area contributed by atoms with Crippen molar-refractivity contribution in [3.8, 4) is 11.5 Å². The summed E-state index contributed by atoms with van der Waals surface area (Å²) in [6.45, 7) is 6.47. The van der Waals surface area contributed by atoms with Crippen molar-refractivity contribution >= 4 is 0 Å². The largest absolute Gasteiger partial charge is 0.497 e. The molecule has 2 rings (SSSR count). The normalized spacial score (nSPS) is 12.2. The summed E-state index contributed by atoms with van der Waals surface area (Å²) >= 11 is 0. The number of hydrogen-bond acceptors (Lipinski definition) is 3. The summed E-state index contributed by atoms with van der Waals surface area (Å²) in [4.78, 5) is 0. The molecule has 0 heterocycles. The summed E-state index contributed by atoms with van der Waals surface area (Å²) in [6, 6.07) is 16.7. The molecule has 0 aliphatic heterocycles. The van der Waals surface area contributed by atoms with Crippen LogP contribution in [-0.2, 0) is 6.54 Å². The summed E-state index contributed by atoms with van der Waals surface area (Å²) in [5, 5.41) is 3.55. The van der Waals surface area contributed by atoms with E-state index in [1.165, 1.54) is 11.1 Å². The quantitative estimate of drug-likeness (QED) is 0.682. The van der Waals surface area contributed by atoms with Gasteiger partial charge in [0.15, 0.2) is 0 Å². The van der Waals surface area contributed by atoms with Crippen molar-refractivity contribution < 1.29 is 9.47 Å². The van der Waals surface area contributed by atoms with Gasteiger partial charge in [-0.05, 0) is 60.2 Å². The summed E-state index contributed by atoms with van der Waals surface area (Å²) in [5.41, 5.74) is 2.67. The van der Waals surface area contributed by atoms with E-state index in [1.54, 1.807) is 14.2 Å². The minimum atomic E-state index is 0.555. The van der Waals surface area contributed by atoms with Crippen molar-refractivity contribution in [3.05, 3.63) is 59.7 Å². The molecule has 3 nitrogen and oxygen atoms in total. The van der Waals surface area contributed by atoms with Crippen molar-refractivity contribution in [1.29, 1.82) is 0 Å². The van der Waals surface area contributed by atoms with E-state index in [1.807, 2.05) is 12.1 Å². The van der Waals surface area contributed by atoms with Gasteiger partial charge >= 0.3 is 0 Å². The lowest BCUT2D eigenvalue weighted by Gasteiger charge is -2.22. The first kappa shape index (κ1) is 18.3. The lowest BCUT2D eigenvalue weighted by Crippen LogP contribution is -2.19. The van der Waals surface area contributed by atoms with Gasteiger partial charge in [-0.1, -0.05) is 38.1 Å². The Hall–Kier alpha value is -2.00. The van der Waals surface area contributed by atoms with Crippen LogP contribution in [0.15, 0.2) is 48.5 Å². The van der Waals surface area contributed by atoms with Gasteiger partial charge in [-0.2, -0.15) is 0 Å². The van der Waals surface area contributed by atoms with E-state index in [0.29, 0.717) is 11.8 Å². The van der Waals surface area contributed by atoms with Gasteiger partial charge < -0.3 is 14.8 Å². The first-order valence-electron chi connectivity index (χ1n) is 8.61. The molecular weight excluding hydrogens is 298 g/mol. The zero-order chi connectivity index (χ0) is 17.4. The second-order valence-corrected chi connectivity index (χ2v) is 6.44. The van der Waals surface area contributed by atoms with Crippen LogP contribution in [-0.4, -0.2) is 20.8 Å². The molecular formula is C21H29NO2. The van der Waals surface area contributed by atoms with Gasteiger partial charge in [-0.15, -0.1) is 0 Å². The molecule has 1 N–H and O–H groups in total. The molecule has 0 fully saturated rings. The van der Waals surface area contributed by atoms with Crippen molar-refractivity contribution in [2.75, 3.05) is 20.8 Å². The Kier molecular flexibility index (Phi) is 7.13. The van der Waals surface area contributed by atoms with E-state index < -0.39 is 0 Å². The van der Waals surface area contributed by atoms with Gasteiger partial charge in [0.1, 0.15) is 11.5 Å².